The highest BCUT2D eigenvalue weighted by Gasteiger charge is 2.41. The Kier molecular flexibility index (Phi) is 8.76. The van der Waals surface area contributed by atoms with E-state index >= 15 is 4.39 Å². The van der Waals surface area contributed by atoms with Gasteiger partial charge >= 0.3 is 19.5 Å². The molecule has 0 fully saturated rings. The number of carbonyl (C=O) groups excluding carboxylic acids is 2. The number of thiophene rings is 1. The predicted octanol–water partition coefficient (Wildman–Crippen LogP) is 7.21. The first kappa shape index (κ1) is 30.1. The molecule has 15 heteroatoms. The highest BCUT2D eigenvalue weighted by molar-refractivity contribution is 7.57. The summed E-state index contributed by atoms with van der Waals surface area (Å²) in [7, 11) is -3.44. The fourth-order valence-electron chi connectivity index (χ4n) is 3.60. The number of ether oxygens (including phenoxy) is 2. The van der Waals surface area contributed by atoms with E-state index in [-0.39, 0.29) is 21.6 Å². The lowest BCUT2D eigenvalue weighted by molar-refractivity contribution is -0.142. The van der Waals surface area contributed by atoms with Crippen LogP contribution in [0.25, 0.3) is 10.1 Å². The molecule has 41 heavy (non-hydrogen) atoms. The summed E-state index contributed by atoms with van der Waals surface area (Å²) in [6.07, 6.45) is 0. The number of fused-ring (bicyclic) bond motifs is 1. The SMILES string of the molecule is COC(=O)[C@H](C)NP(=O)(Oc1ccccc1)C(F)c1ccc2sc(C(=O)Oc3c(F)c(F)c(F)c(F)c3F)cc2c1. The Labute approximate surface area is 232 Å². The molecule has 0 aliphatic rings. The molecular formula is C26H18F6NO6PS. The zero-order valence-electron chi connectivity index (χ0n) is 20.9. The molecule has 0 aliphatic heterocycles. The quantitative estimate of drug-likeness (QED) is 0.0530. The van der Waals surface area contributed by atoms with Crippen LogP contribution in [0, 0.1) is 29.1 Å². The van der Waals surface area contributed by atoms with Crippen molar-refractivity contribution in [3.05, 3.63) is 94.1 Å². The molecule has 4 aromatic rings. The number of halogens is 6. The topological polar surface area (TPSA) is 90.9 Å². The van der Waals surface area contributed by atoms with E-state index in [0.29, 0.717) is 16.0 Å². The van der Waals surface area contributed by atoms with Crippen LogP contribution in [0.15, 0.2) is 54.6 Å². The second kappa shape index (κ2) is 11.9. The van der Waals surface area contributed by atoms with Crippen molar-refractivity contribution in [3.8, 4) is 11.5 Å². The van der Waals surface area contributed by atoms with Crippen LogP contribution in [0.3, 0.4) is 0 Å². The predicted molar refractivity (Wildman–Crippen MR) is 136 cm³/mol. The molecule has 0 spiro atoms. The maximum Gasteiger partial charge on any atom is 0.355 e. The molecule has 3 aromatic carbocycles. The number of hydrogen-bond donors (Lipinski definition) is 1. The van der Waals surface area contributed by atoms with Gasteiger partial charge in [0.05, 0.1) is 7.11 Å². The molecule has 3 atom stereocenters. The van der Waals surface area contributed by atoms with Crippen LogP contribution in [0.1, 0.15) is 28.1 Å². The molecule has 7 nitrogen and oxygen atoms in total. The summed E-state index contributed by atoms with van der Waals surface area (Å²) in [5.41, 5.74) is -0.196. The van der Waals surface area contributed by atoms with Crippen LogP contribution in [0.5, 0.6) is 11.5 Å². The van der Waals surface area contributed by atoms with E-state index in [1.165, 1.54) is 37.3 Å². The first-order chi connectivity index (χ1) is 19.4. The van der Waals surface area contributed by atoms with Crippen molar-refractivity contribution in [1.29, 1.82) is 0 Å². The zero-order chi connectivity index (χ0) is 30.1. The lowest BCUT2D eigenvalue weighted by Crippen LogP contribution is -2.34. The Balaban J connectivity index is 1.65. The minimum Gasteiger partial charge on any atom is -0.468 e. The van der Waals surface area contributed by atoms with Crippen LogP contribution in [-0.4, -0.2) is 25.1 Å². The Hall–Kier alpha value is -3.87. The van der Waals surface area contributed by atoms with Crippen LogP contribution in [0.4, 0.5) is 26.3 Å². The number of carbonyl (C=O) groups is 2. The summed E-state index contributed by atoms with van der Waals surface area (Å²) in [6.45, 7) is 1.30. The molecule has 1 aromatic heterocycles. The largest absolute Gasteiger partial charge is 0.468 e. The van der Waals surface area contributed by atoms with E-state index in [2.05, 4.69) is 14.6 Å². The van der Waals surface area contributed by atoms with Crippen molar-refractivity contribution in [2.45, 2.75) is 18.9 Å². The molecule has 2 unspecified atom stereocenters. The first-order valence-corrected chi connectivity index (χ1v) is 14.0. The lowest BCUT2D eigenvalue weighted by atomic mass is 10.2. The Morgan fingerprint density at radius 2 is 1.51 bits per heavy atom. The van der Waals surface area contributed by atoms with Gasteiger partial charge in [0.2, 0.25) is 40.7 Å². The van der Waals surface area contributed by atoms with Crippen molar-refractivity contribution in [2.24, 2.45) is 0 Å². The summed E-state index contributed by atoms with van der Waals surface area (Å²) >= 11 is 0.715. The summed E-state index contributed by atoms with van der Waals surface area (Å²) in [5.74, 6) is -18.0. The molecule has 0 radical (unpaired) electrons. The van der Waals surface area contributed by atoms with Crippen LogP contribution in [0.2, 0.25) is 0 Å². The lowest BCUT2D eigenvalue weighted by Gasteiger charge is -2.26. The van der Waals surface area contributed by atoms with Crippen LogP contribution in [-0.2, 0) is 14.1 Å². The van der Waals surface area contributed by atoms with E-state index in [4.69, 9.17) is 4.52 Å². The number of alkyl halides is 1. The van der Waals surface area contributed by atoms with Gasteiger partial charge in [0.25, 0.3) is 0 Å². The minimum atomic E-state index is -4.53. The number of rotatable bonds is 9. The van der Waals surface area contributed by atoms with Gasteiger partial charge in [-0.15, -0.1) is 11.3 Å². The second-order valence-corrected chi connectivity index (χ2v) is 11.6. The van der Waals surface area contributed by atoms with Gasteiger partial charge in [-0.2, -0.15) is 8.78 Å². The molecule has 216 valence electrons. The normalized spacial score (nSPS) is 14.2. The average molecular weight is 617 g/mol. The van der Waals surface area contributed by atoms with Gasteiger partial charge < -0.3 is 14.0 Å². The van der Waals surface area contributed by atoms with Gasteiger partial charge in [-0.05, 0) is 48.2 Å². The average Bonchev–Trinajstić information content (AvgIpc) is 3.40. The van der Waals surface area contributed by atoms with Gasteiger partial charge in [-0.3, -0.25) is 9.36 Å². The van der Waals surface area contributed by atoms with E-state index in [0.717, 1.165) is 13.2 Å². The fraction of sp³-hybridized carbons (Fsp3) is 0.154. The van der Waals surface area contributed by atoms with Crippen LogP contribution < -0.4 is 14.3 Å². The molecule has 1 heterocycles. The highest BCUT2D eigenvalue weighted by Crippen LogP contribution is 2.58. The number of para-hydroxylation sites is 1. The number of methoxy groups -OCH3 is 1. The first-order valence-electron chi connectivity index (χ1n) is 11.5. The molecule has 4 rings (SSSR count). The van der Waals surface area contributed by atoms with E-state index in [1.54, 1.807) is 18.2 Å². The van der Waals surface area contributed by atoms with Crippen LogP contribution >= 0.6 is 18.9 Å². The number of hydrogen-bond acceptors (Lipinski definition) is 7. The summed E-state index contributed by atoms with van der Waals surface area (Å²) in [5, 5.41) is 2.55. The van der Waals surface area contributed by atoms with Gasteiger partial charge in [-0.1, -0.05) is 24.3 Å². The Bertz CT molecular complexity index is 1660. The van der Waals surface area contributed by atoms with E-state index in [1.807, 2.05) is 0 Å². The Morgan fingerprint density at radius 3 is 2.12 bits per heavy atom. The molecule has 0 saturated heterocycles. The fourth-order valence-corrected chi connectivity index (χ4v) is 6.43. The summed E-state index contributed by atoms with van der Waals surface area (Å²) in [4.78, 5) is 24.1. The molecule has 1 N–H and O–H groups in total. The van der Waals surface area contributed by atoms with E-state index in [9.17, 15) is 36.1 Å². The second-order valence-electron chi connectivity index (χ2n) is 8.41. The maximum absolute atomic E-state index is 15.9. The molecule has 0 bridgehead atoms. The number of nitrogens with one attached hydrogen (secondary N) is 1. The maximum atomic E-state index is 15.9. The van der Waals surface area contributed by atoms with E-state index < -0.39 is 66.2 Å². The van der Waals surface area contributed by atoms with Crippen molar-refractivity contribution in [2.75, 3.05) is 7.11 Å². The zero-order valence-corrected chi connectivity index (χ0v) is 22.6. The summed E-state index contributed by atoms with van der Waals surface area (Å²) < 4.78 is 113. The molecular weight excluding hydrogens is 599 g/mol. The third kappa shape index (κ3) is 6.09. The van der Waals surface area contributed by atoms with Gasteiger partial charge in [-0.25, -0.2) is 27.4 Å². The molecule has 0 saturated carbocycles. The monoisotopic (exact) mass is 617 g/mol. The van der Waals surface area contributed by atoms with Crippen molar-refractivity contribution in [1.82, 2.24) is 5.09 Å². The highest BCUT2D eigenvalue weighted by atomic mass is 32.1. The number of benzene rings is 3. The molecule has 0 amide bonds. The van der Waals surface area contributed by atoms with Gasteiger partial charge in [0.15, 0.2) is 0 Å². The third-order valence-electron chi connectivity index (χ3n) is 5.59. The van der Waals surface area contributed by atoms with Gasteiger partial charge in [0.1, 0.15) is 16.7 Å². The van der Waals surface area contributed by atoms with Crippen molar-refractivity contribution < 1.29 is 54.5 Å². The minimum absolute atomic E-state index is 0.0397. The Morgan fingerprint density at radius 1 is 0.902 bits per heavy atom. The number of esters is 2. The van der Waals surface area contributed by atoms with Gasteiger partial charge in [0, 0.05) is 4.70 Å². The smallest absolute Gasteiger partial charge is 0.355 e. The molecule has 0 aliphatic carbocycles. The third-order valence-corrected chi connectivity index (χ3v) is 8.81. The summed E-state index contributed by atoms with van der Waals surface area (Å²) in [6, 6.07) is 11.3. The van der Waals surface area contributed by atoms with Crippen molar-refractivity contribution in [3.63, 3.8) is 0 Å². The van der Waals surface area contributed by atoms with Crippen molar-refractivity contribution >= 4 is 40.9 Å². The standard InChI is InChI=1S/C26H18F6NO6PS/c1-12(25(34)37-2)33-40(36,39-15-6-4-3-5-7-15)24(32)13-8-9-16-14(10-13)11-17(41-16)26(35)38-23-21(30)19(28)18(27)20(29)22(23)31/h3-12,24H,1-2H3,(H,33,36)/t12-,24?,40?/m0/s1.